The van der Waals surface area contributed by atoms with E-state index in [0.29, 0.717) is 0 Å². The molecule has 0 aliphatic carbocycles. The first kappa shape index (κ1) is 13.1. The number of pyridine rings is 2. The van der Waals surface area contributed by atoms with Crippen LogP contribution in [-0.4, -0.2) is 26.4 Å². The number of hydrogen-bond donors (Lipinski definition) is 1. The molecule has 1 N–H and O–H groups in total. The average molecular weight is 314 g/mol. The summed E-state index contributed by atoms with van der Waals surface area (Å²) in [6.45, 7) is 0.720. The van der Waals surface area contributed by atoms with Crippen LogP contribution in [0.3, 0.4) is 0 Å². The summed E-state index contributed by atoms with van der Waals surface area (Å²) in [4.78, 5) is 11.0. The molecule has 0 saturated carbocycles. The number of nitrogens with one attached hydrogen (secondary N) is 1. The second-order valence-corrected chi connectivity index (χ2v) is 5.63. The molecule has 0 unspecified atom stereocenters. The van der Waals surface area contributed by atoms with Crippen LogP contribution in [0.1, 0.15) is 0 Å². The highest BCUT2D eigenvalue weighted by molar-refractivity contribution is 5.79. The minimum atomic E-state index is 0.720. The van der Waals surface area contributed by atoms with Crippen molar-refractivity contribution in [3.63, 3.8) is 0 Å². The molecule has 4 aromatic rings. The number of hydrogen-bond acceptors (Lipinski definition) is 5. The molecule has 0 amide bonds. The number of anilines is 3. The lowest BCUT2D eigenvalue weighted by molar-refractivity contribution is 0.896. The van der Waals surface area contributed by atoms with Gasteiger partial charge in [0.15, 0.2) is 11.5 Å². The fourth-order valence-corrected chi connectivity index (χ4v) is 3.03. The summed E-state index contributed by atoms with van der Waals surface area (Å²) in [5.74, 6) is 0.955. The number of nitrogens with zero attached hydrogens (tertiary/aromatic N) is 5. The lowest BCUT2D eigenvalue weighted by Crippen LogP contribution is -2.17. The summed E-state index contributed by atoms with van der Waals surface area (Å²) in [5.41, 5.74) is 4.00. The molecule has 3 aromatic heterocycles. The van der Waals surface area contributed by atoms with Crippen LogP contribution in [0.15, 0.2) is 67.1 Å². The van der Waals surface area contributed by atoms with Crippen LogP contribution in [0, 0.1) is 0 Å². The van der Waals surface area contributed by atoms with Gasteiger partial charge in [0, 0.05) is 23.5 Å². The molecule has 1 aliphatic heterocycles. The van der Waals surface area contributed by atoms with E-state index in [9.17, 15) is 0 Å². The Morgan fingerprint density at radius 1 is 0.875 bits per heavy atom. The van der Waals surface area contributed by atoms with Crippen LogP contribution in [0.5, 0.6) is 0 Å². The quantitative estimate of drug-likeness (QED) is 0.615. The molecule has 0 radical (unpaired) electrons. The molecular formula is C18H14N6. The first-order valence-electron chi connectivity index (χ1n) is 7.76. The van der Waals surface area contributed by atoms with Gasteiger partial charge in [-0.2, -0.15) is 5.10 Å². The molecule has 1 aliphatic rings. The topological polar surface area (TPSA) is 58.9 Å². The van der Waals surface area contributed by atoms with Crippen LogP contribution in [0.4, 0.5) is 17.2 Å². The zero-order valence-electron chi connectivity index (χ0n) is 12.8. The van der Waals surface area contributed by atoms with Gasteiger partial charge < -0.3 is 10.2 Å². The van der Waals surface area contributed by atoms with Gasteiger partial charge in [-0.3, -0.25) is 0 Å². The van der Waals surface area contributed by atoms with E-state index in [0.717, 1.165) is 40.6 Å². The van der Waals surface area contributed by atoms with Crippen LogP contribution < -0.4 is 10.2 Å². The highest BCUT2D eigenvalue weighted by Gasteiger charge is 2.20. The van der Waals surface area contributed by atoms with E-state index in [2.05, 4.69) is 49.5 Å². The third-order valence-electron chi connectivity index (χ3n) is 4.21. The predicted molar refractivity (Wildman–Crippen MR) is 93.7 cm³/mol. The summed E-state index contributed by atoms with van der Waals surface area (Å²) in [7, 11) is 0. The van der Waals surface area contributed by atoms with Gasteiger partial charge in [-0.25, -0.2) is 14.6 Å². The SMILES string of the molecule is c1cnc2c(c1)NCN2c1ccc(-n2ncc3cccnc32)cc1. The maximum absolute atomic E-state index is 4.47. The first-order valence-corrected chi connectivity index (χ1v) is 7.76. The largest absolute Gasteiger partial charge is 0.364 e. The van der Waals surface area contributed by atoms with Crippen molar-refractivity contribution >= 4 is 28.2 Å². The summed E-state index contributed by atoms with van der Waals surface area (Å²) in [6.07, 6.45) is 5.43. The third-order valence-corrected chi connectivity index (χ3v) is 4.21. The molecule has 0 fully saturated rings. The van der Waals surface area contributed by atoms with Crippen molar-refractivity contribution in [2.24, 2.45) is 0 Å². The maximum atomic E-state index is 4.47. The molecule has 6 nitrogen and oxygen atoms in total. The molecule has 4 heterocycles. The van der Waals surface area contributed by atoms with Crippen molar-refractivity contribution in [3.8, 4) is 5.69 Å². The summed E-state index contributed by atoms with van der Waals surface area (Å²) < 4.78 is 1.85. The Morgan fingerprint density at radius 2 is 1.67 bits per heavy atom. The molecule has 1 aromatic carbocycles. The van der Waals surface area contributed by atoms with Gasteiger partial charge in [0.1, 0.15) is 0 Å². The van der Waals surface area contributed by atoms with Crippen LogP contribution in [-0.2, 0) is 0 Å². The second-order valence-electron chi connectivity index (χ2n) is 5.63. The maximum Gasteiger partial charge on any atom is 0.162 e. The van der Waals surface area contributed by atoms with Gasteiger partial charge in [0.25, 0.3) is 0 Å². The molecule has 0 spiro atoms. The lowest BCUT2D eigenvalue weighted by atomic mass is 10.2. The molecule has 0 saturated heterocycles. The van der Waals surface area contributed by atoms with E-state index in [1.54, 1.807) is 6.20 Å². The molecule has 6 heteroatoms. The van der Waals surface area contributed by atoms with E-state index in [1.165, 1.54) is 0 Å². The Bertz CT molecular complexity index is 1020. The fourth-order valence-electron chi connectivity index (χ4n) is 3.03. The summed E-state index contributed by atoms with van der Waals surface area (Å²) >= 11 is 0. The van der Waals surface area contributed by atoms with Crippen molar-refractivity contribution in [2.75, 3.05) is 16.9 Å². The molecule has 0 bridgehead atoms. The normalized spacial score (nSPS) is 13.1. The van der Waals surface area contributed by atoms with Gasteiger partial charge >= 0.3 is 0 Å². The zero-order chi connectivity index (χ0) is 15.9. The van der Waals surface area contributed by atoms with E-state index in [4.69, 9.17) is 0 Å². The number of benzene rings is 1. The predicted octanol–water partition coefficient (Wildman–Crippen LogP) is 3.34. The Kier molecular flexibility index (Phi) is 2.75. The van der Waals surface area contributed by atoms with Crippen molar-refractivity contribution in [1.82, 2.24) is 19.7 Å². The van der Waals surface area contributed by atoms with Gasteiger partial charge in [-0.05, 0) is 48.5 Å². The van der Waals surface area contributed by atoms with Crippen LogP contribution >= 0.6 is 0 Å². The molecule has 116 valence electrons. The number of aromatic nitrogens is 4. The molecule has 0 atom stereocenters. The Morgan fingerprint density at radius 3 is 2.58 bits per heavy atom. The van der Waals surface area contributed by atoms with Crippen LogP contribution in [0.2, 0.25) is 0 Å². The Balaban J connectivity index is 1.52. The monoisotopic (exact) mass is 314 g/mol. The van der Waals surface area contributed by atoms with Crippen LogP contribution in [0.25, 0.3) is 16.7 Å². The van der Waals surface area contributed by atoms with E-state index < -0.39 is 0 Å². The Hall–Kier alpha value is -3.41. The first-order chi connectivity index (χ1) is 11.9. The molecule has 24 heavy (non-hydrogen) atoms. The minimum Gasteiger partial charge on any atom is -0.364 e. The zero-order valence-corrected chi connectivity index (χ0v) is 12.8. The number of fused-ring (bicyclic) bond motifs is 2. The van der Waals surface area contributed by atoms with Gasteiger partial charge in [-0.15, -0.1) is 0 Å². The lowest BCUT2D eigenvalue weighted by Gasteiger charge is -2.17. The van der Waals surface area contributed by atoms with Gasteiger partial charge in [0.05, 0.1) is 24.2 Å². The summed E-state index contributed by atoms with van der Waals surface area (Å²) in [5, 5.41) is 8.83. The van der Waals surface area contributed by atoms with E-state index in [-0.39, 0.29) is 0 Å². The van der Waals surface area contributed by atoms with Crippen molar-refractivity contribution < 1.29 is 0 Å². The summed E-state index contributed by atoms with van der Waals surface area (Å²) in [6, 6.07) is 16.2. The highest BCUT2D eigenvalue weighted by atomic mass is 15.3. The number of rotatable bonds is 2. The van der Waals surface area contributed by atoms with Crippen molar-refractivity contribution in [3.05, 3.63) is 67.1 Å². The van der Waals surface area contributed by atoms with E-state index in [1.807, 2.05) is 41.3 Å². The molecular weight excluding hydrogens is 300 g/mol. The third kappa shape index (κ3) is 1.93. The van der Waals surface area contributed by atoms with E-state index >= 15 is 0 Å². The van der Waals surface area contributed by atoms with Gasteiger partial charge in [-0.1, -0.05) is 0 Å². The Labute approximate surface area is 138 Å². The van der Waals surface area contributed by atoms with Crippen molar-refractivity contribution in [1.29, 1.82) is 0 Å². The van der Waals surface area contributed by atoms with Crippen molar-refractivity contribution in [2.45, 2.75) is 0 Å². The average Bonchev–Trinajstić information content (AvgIpc) is 3.26. The minimum absolute atomic E-state index is 0.720. The second kappa shape index (κ2) is 5.06. The fraction of sp³-hybridized carbons (Fsp3) is 0.0556. The highest BCUT2D eigenvalue weighted by Crippen LogP contribution is 2.34. The standard InChI is InChI=1S/C18H14N6/c1-3-13-11-22-24(17(13)19-9-1)15-7-5-14(6-8-15)23-12-21-16-4-2-10-20-18(16)23/h1-11,21H,12H2. The van der Waals surface area contributed by atoms with Gasteiger partial charge in [0.2, 0.25) is 0 Å². The smallest absolute Gasteiger partial charge is 0.162 e. The molecule has 5 rings (SSSR count).